The molecule has 4 rings (SSSR count). The van der Waals surface area contributed by atoms with E-state index in [-0.39, 0.29) is 23.2 Å². The fourth-order valence-corrected chi connectivity index (χ4v) is 3.38. The van der Waals surface area contributed by atoms with Crippen molar-refractivity contribution >= 4 is 0 Å². The zero-order valence-electron chi connectivity index (χ0n) is 13.5. The normalized spacial score (nSPS) is 16.1. The lowest BCUT2D eigenvalue weighted by molar-refractivity contribution is 0.261. The summed E-state index contributed by atoms with van der Waals surface area (Å²) in [6.07, 6.45) is 0.784. The summed E-state index contributed by atoms with van der Waals surface area (Å²) in [4.78, 5) is 0. The predicted molar refractivity (Wildman–Crippen MR) is 95.3 cm³/mol. The van der Waals surface area contributed by atoms with Crippen molar-refractivity contribution in [2.24, 2.45) is 0 Å². The van der Waals surface area contributed by atoms with Gasteiger partial charge in [-0.15, -0.1) is 0 Å². The van der Waals surface area contributed by atoms with Crippen LogP contribution in [0.15, 0.2) is 60.7 Å². The van der Waals surface area contributed by atoms with Crippen molar-refractivity contribution in [3.63, 3.8) is 0 Å². The Hall–Kier alpha value is -3.14. The van der Waals surface area contributed by atoms with Gasteiger partial charge in [0, 0.05) is 12.0 Å². The monoisotopic (exact) mass is 334 g/mol. The van der Waals surface area contributed by atoms with Crippen LogP contribution in [-0.2, 0) is 6.42 Å². The van der Waals surface area contributed by atoms with Crippen molar-refractivity contribution in [3.05, 3.63) is 71.8 Å². The highest BCUT2D eigenvalue weighted by Crippen LogP contribution is 2.39. The highest BCUT2D eigenvalue weighted by Gasteiger charge is 2.24. The second kappa shape index (κ2) is 6.06. The first-order chi connectivity index (χ1) is 12.1. The van der Waals surface area contributed by atoms with Gasteiger partial charge in [-0.05, 0) is 59.0 Å². The van der Waals surface area contributed by atoms with Gasteiger partial charge in [-0.25, -0.2) is 0 Å². The molecule has 0 saturated carbocycles. The first-order valence-electron chi connectivity index (χ1n) is 8.17. The molecule has 1 atom stereocenters. The third kappa shape index (κ3) is 2.98. The summed E-state index contributed by atoms with van der Waals surface area (Å²) in [5, 5.41) is 29.3. The summed E-state index contributed by atoms with van der Waals surface area (Å²) in [5.41, 5.74) is 3.83. The summed E-state index contributed by atoms with van der Waals surface area (Å²) in [6, 6.07) is 17.5. The lowest BCUT2D eigenvalue weighted by atomic mass is 9.85. The highest BCUT2D eigenvalue weighted by molar-refractivity contribution is 5.71. The first-order valence-corrected chi connectivity index (χ1v) is 8.17. The standard InChI is InChI=1S/C21H18O4/c22-16-3-1-2-13(9-16)20-10-17(23)6-7-19(20)15-8-14-4-5-18(24)11-21(14)25-12-15/h1-7,9-11,15,22-24H,8,12H2/t15-/m1/s1. The Morgan fingerprint density at radius 3 is 2.40 bits per heavy atom. The Kier molecular flexibility index (Phi) is 3.73. The molecule has 126 valence electrons. The smallest absolute Gasteiger partial charge is 0.126 e. The molecule has 4 nitrogen and oxygen atoms in total. The molecular weight excluding hydrogens is 316 g/mol. The number of ether oxygens (including phenoxy) is 1. The molecule has 1 aliphatic heterocycles. The number of hydrogen-bond acceptors (Lipinski definition) is 4. The maximum atomic E-state index is 9.93. The van der Waals surface area contributed by atoms with Crippen molar-refractivity contribution < 1.29 is 20.1 Å². The van der Waals surface area contributed by atoms with E-state index in [0.29, 0.717) is 12.4 Å². The van der Waals surface area contributed by atoms with Gasteiger partial charge >= 0.3 is 0 Å². The number of phenols is 3. The van der Waals surface area contributed by atoms with Crippen LogP contribution in [0.4, 0.5) is 0 Å². The lowest BCUT2D eigenvalue weighted by Gasteiger charge is -2.27. The zero-order chi connectivity index (χ0) is 17.4. The van der Waals surface area contributed by atoms with E-state index in [9.17, 15) is 15.3 Å². The number of benzene rings is 3. The van der Waals surface area contributed by atoms with Crippen LogP contribution < -0.4 is 4.74 Å². The van der Waals surface area contributed by atoms with Gasteiger partial charge in [-0.2, -0.15) is 0 Å². The third-order valence-electron chi connectivity index (χ3n) is 4.59. The largest absolute Gasteiger partial charge is 0.508 e. The Labute approximate surface area is 145 Å². The zero-order valence-corrected chi connectivity index (χ0v) is 13.5. The van der Waals surface area contributed by atoms with Crippen LogP contribution in [0.25, 0.3) is 11.1 Å². The van der Waals surface area contributed by atoms with Crippen LogP contribution >= 0.6 is 0 Å². The van der Waals surface area contributed by atoms with Gasteiger partial charge in [-0.3, -0.25) is 0 Å². The molecule has 0 unspecified atom stereocenters. The molecule has 1 aliphatic rings. The van der Waals surface area contributed by atoms with Crippen molar-refractivity contribution in [3.8, 4) is 34.1 Å². The van der Waals surface area contributed by atoms with Crippen LogP contribution in [0.5, 0.6) is 23.0 Å². The number of fused-ring (bicyclic) bond motifs is 1. The minimum Gasteiger partial charge on any atom is -0.508 e. The second-order valence-electron chi connectivity index (χ2n) is 6.33. The Morgan fingerprint density at radius 2 is 1.56 bits per heavy atom. The number of aromatic hydroxyl groups is 3. The molecule has 3 aromatic rings. The summed E-state index contributed by atoms with van der Waals surface area (Å²) in [6.45, 7) is 0.493. The molecule has 0 bridgehead atoms. The maximum Gasteiger partial charge on any atom is 0.126 e. The van der Waals surface area contributed by atoms with Gasteiger partial charge in [0.25, 0.3) is 0 Å². The van der Waals surface area contributed by atoms with E-state index >= 15 is 0 Å². The summed E-state index contributed by atoms with van der Waals surface area (Å²) in [5.74, 6) is 1.41. The summed E-state index contributed by atoms with van der Waals surface area (Å²) in [7, 11) is 0. The molecule has 0 amide bonds. The van der Waals surface area contributed by atoms with E-state index in [0.717, 1.165) is 28.7 Å². The third-order valence-corrected chi connectivity index (χ3v) is 4.59. The second-order valence-corrected chi connectivity index (χ2v) is 6.33. The van der Waals surface area contributed by atoms with Gasteiger partial charge in [0.05, 0.1) is 6.61 Å². The minimum atomic E-state index is 0.120. The number of hydrogen-bond donors (Lipinski definition) is 3. The predicted octanol–water partition coefficient (Wildman–Crippen LogP) is 4.19. The quantitative estimate of drug-likeness (QED) is 0.657. The van der Waals surface area contributed by atoms with Crippen LogP contribution in [0.2, 0.25) is 0 Å². The maximum absolute atomic E-state index is 9.93. The molecular formula is C21H18O4. The van der Waals surface area contributed by atoms with Gasteiger partial charge < -0.3 is 20.1 Å². The number of phenolic OH excluding ortho intramolecular Hbond substituents is 3. The molecule has 0 radical (unpaired) electrons. The highest BCUT2D eigenvalue weighted by atomic mass is 16.5. The molecule has 1 heterocycles. The van der Waals surface area contributed by atoms with E-state index in [4.69, 9.17) is 4.74 Å². The SMILES string of the molecule is Oc1cccc(-c2cc(O)ccc2[C@H]2COc3cc(O)ccc3C2)c1. The fourth-order valence-electron chi connectivity index (χ4n) is 3.38. The Morgan fingerprint density at radius 1 is 0.800 bits per heavy atom. The number of rotatable bonds is 2. The minimum absolute atomic E-state index is 0.120. The fraction of sp³-hybridized carbons (Fsp3) is 0.143. The molecule has 0 saturated heterocycles. The topological polar surface area (TPSA) is 69.9 Å². The van der Waals surface area contributed by atoms with Gasteiger partial charge in [-0.1, -0.05) is 24.3 Å². The van der Waals surface area contributed by atoms with E-state index in [1.54, 1.807) is 42.5 Å². The molecule has 0 aromatic heterocycles. The molecule has 25 heavy (non-hydrogen) atoms. The van der Waals surface area contributed by atoms with Crippen molar-refractivity contribution in [2.45, 2.75) is 12.3 Å². The van der Waals surface area contributed by atoms with Crippen molar-refractivity contribution in [1.82, 2.24) is 0 Å². The van der Waals surface area contributed by atoms with Crippen LogP contribution in [-0.4, -0.2) is 21.9 Å². The van der Waals surface area contributed by atoms with Gasteiger partial charge in [0.2, 0.25) is 0 Å². The molecule has 0 aliphatic carbocycles. The lowest BCUT2D eigenvalue weighted by Crippen LogP contribution is -2.19. The average Bonchev–Trinajstić information content (AvgIpc) is 2.61. The summed E-state index contributed by atoms with van der Waals surface area (Å²) >= 11 is 0. The molecule has 3 N–H and O–H groups in total. The first kappa shape index (κ1) is 15.4. The van der Waals surface area contributed by atoms with Gasteiger partial charge in [0.1, 0.15) is 23.0 Å². The molecule has 3 aromatic carbocycles. The Balaban J connectivity index is 1.75. The van der Waals surface area contributed by atoms with Crippen LogP contribution in [0, 0.1) is 0 Å². The molecule has 0 fully saturated rings. The van der Waals surface area contributed by atoms with E-state index in [2.05, 4.69) is 0 Å². The van der Waals surface area contributed by atoms with Gasteiger partial charge in [0.15, 0.2) is 0 Å². The summed E-state index contributed by atoms with van der Waals surface area (Å²) < 4.78 is 5.84. The molecule has 4 heteroatoms. The van der Waals surface area contributed by atoms with Crippen LogP contribution in [0.3, 0.4) is 0 Å². The van der Waals surface area contributed by atoms with E-state index in [1.807, 2.05) is 18.2 Å². The van der Waals surface area contributed by atoms with E-state index in [1.165, 1.54) is 0 Å². The average molecular weight is 334 g/mol. The van der Waals surface area contributed by atoms with Crippen molar-refractivity contribution in [1.29, 1.82) is 0 Å². The Bertz CT molecular complexity index is 933. The van der Waals surface area contributed by atoms with E-state index < -0.39 is 0 Å². The van der Waals surface area contributed by atoms with Crippen molar-refractivity contribution in [2.75, 3.05) is 6.61 Å². The van der Waals surface area contributed by atoms with Crippen LogP contribution in [0.1, 0.15) is 17.0 Å². The molecule has 0 spiro atoms.